The fraction of sp³-hybridized carbons (Fsp3) is 0.455. The molecule has 1 N–H and O–H groups in total. The van der Waals surface area contributed by atoms with E-state index in [1.165, 1.54) is 0 Å². The van der Waals surface area contributed by atoms with Crippen LogP contribution in [-0.2, 0) is 0 Å². The van der Waals surface area contributed by atoms with E-state index in [9.17, 15) is 22.0 Å². The van der Waals surface area contributed by atoms with Gasteiger partial charge in [-0.3, -0.25) is 0 Å². The molecule has 0 radical (unpaired) electrons. The Morgan fingerprint density at radius 1 is 0.889 bits per heavy atom. The zero-order valence-electron chi connectivity index (χ0n) is 10.1. The number of rotatable bonds is 4. The average molecular weight is 268 g/mol. The molecule has 0 aliphatic carbocycles. The zero-order chi connectivity index (χ0) is 14.0. The summed E-state index contributed by atoms with van der Waals surface area (Å²) in [5, 5.41) is 2.28. The van der Waals surface area contributed by atoms with Gasteiger partial charge in [-0.1, -0.05) is 0 Å². The Morgan fingerprint density at radius 2 is 1.28 bits per heavy atom. The summed E-state index contributed by atoms with van der Waals surface area (Å²) in [4.78, 5) is 1.71. The number of anilines is 1. The largest absolute Gasteiger partial charge is 0.376 e. The van der Waals surface area contributed by atoms with Crippen LogP contribution in [0.25, 0.3) is 0 Å². The van der Waals surface area contributed by atoms with Gasteiger partial charge in [0.1, 0.15) is 5.69 Å². The van der Waals surface area contributed by atoms with Crippen LogP contribution in [0.3, 0.4) is 0 Å². The van der Waals surface area contributed by atoms with E-state index in [1.807, 2.05) is 0 Å². The molecular weight excluding hydrogens is 255 g/mol. The highest BCUT2D eigenvalue weighted by Gasteiger charge is 2.26. The number of hydrogen-bond acceptors (Lipinski definition) is 2. The molecular formula is C11H13F5N2. The van der Waals surface area contributed by atoms with Gasteiger partial charge in [0.25, 0.3) is 0 Å². The molecule has 0 aliphatic heterocycles. The second kappa shape index (κ2) is 5.51. The van der Waals surface area contributed by atoms with Crippen LogP contribution in [0.2, 0.25) is 0 Å². The van der Waals surface area contributed by atoms with Crippen molar-refractivity contribution in [3.05, 3.63) is 29.1 Å². The lowest BCUT2D eigenvalue weighted by atomic mass is 10.2. The summed E-state index contributed by atoms with van der Waals surface area (Å²) in [6, 6.07) is -0.478. The van der Waals surface area contributed by atoms with E-state index < -0.39 is 40.8 Å². The van der Waals surface area contributed by atoms with E-state index in [4.69, 9.17) is 0 Å². The maximum absolute atomic E-state index is 13.3. The SMILES string of the molecule is CC(CN(C)C)Nc1c(F)c(F)c(F)c(F)c1F. The van der Waals surface area contributed by atoms with E-state index in [0.717, 1.165) is 0 Å². The van der Waals surface area contributed by atoms with Crippen LogP contribution >= 0.6 is 0 Å². The molecule has 18 heavy (non-hydrogen) atoms. The number of likely N-dealkylation sites (N-methyl/N-ethyl adjacent to an activating group) is 1. The molecule has 2 nitrogen and oxygen atoms in total. The first kappa shape index (κ1) is 14.7. The van der Waals surface area contributed by atoms with Crippen LogP contribution in [0.5, 0.6) is 0 Å². The van der Waals surface area contributed by atoms with Gasteiger partial charge in [-0.15, -0.1) is 0 Å². The van der Waals surface area contributed by atoms with Gasteiger partial charge >= 0.3 is 0 Å². The van der Waals surface area contributed by atoms with Crippen LogP contribution in [0, 0.1) is 29.1 Å². The van der Waals surface area contributed by atoms with Crippen LogP contribution in [-0.4, -0.2) is 31.6 Å². The Morgan fingerprint density at radius 3 is 1.67 bits per heavy atom. The van der Waals surface area contributed by atoms with E-state index in [0.29, 0.717) is 6.54 Å². The molecule has 1 rings (SSSR count). The topological polar surface area (TPSA) is 15.3 Å². The Balaban J connectivity index is 3.10. The maximum Gasteiger partial charge on any atom is 0.200 e. The van der Waals surface area contributed by atoms with Crippen molar-refractivity contribution in [2.45, 2.75) is 13.0 Å². The Bertz CT molecular complexity index is 419. The first-order valence-corrected chi connectivity index (χ1v) is 5.18. The molecule has 102 valence electrons. The van der Waals surface area contributed by atoms with Crippen LogP contribution in [0.15, 0.2) is 0 Å². The van der Waals surface area contributed by atoms with Crippen molar-refractivity contribution in [3.63, 3.8) is 0 Å². The van der Waals surface area contributed by atoms with Crippen LogP contribution < -0.4 is 5.32 Å². The third-order valence-electron chi connectivity index (χ3n) is 2.24. The molecule has 0 fully saturated rings. The monoisotopic (exact) mass is 268 g/mol. The van der Waals surface area contributed by atoms with Crippen molar-refractivity contribution >= 4 is 5.69 Å². The highest BCUT2D eigenvalue weighted by Crippen LogP contribution is 2.27. The summed E-state index contributed by atoms with van der Waals surface area (Å²) in [5.74, 6) is -9.76. The van der Waals surface area contributed by atoms with E-state index in [-0.39, 0.29) is 0 Å². The van der Waals surface area contributed by atoms with Gasteiger partial charge in [-0.2, -0.15) is 0 Å². The molecule has 0 saturated carbocycles. The van der Waals surface area contributed by atoms with Crippen molar-refractivity contribution in [2.75, 3.05) is 26.0 Å². The van der Waals surface area contributed by atoms with Gasteiger partial charge in [0, 0.05) is 12.6 Å². The Kier molecular flexibility index (Phi) is 4.50. The van der Waals surface area contributed by atoms with E-state index in [1.54, 1.807) is 25.9 Å². The molecule has 0 saturated heterocycles. The van der Waals surface area contributed by atoms with Gasteiger partial charge in [0.2, 0.25) is 5.82 Å². The van der Waals surface area contributed by atoms with Crippen molar-refractivity contribution in [1.82, 2.24) is 4.90 Å². The standard InChI is InChI=1S/C11H13F5N2/c1-5(4-18(2)3)17-11-9(15)7(13)6(12)8(14)10(11)16/h5,17H,4H2,1-3H3. The number of hydrogen-bond donors (Lipinski definition) is 1. The number of benzene rings is 1. The first-order valence-electron chi connectivity index (χ1n) is 5.18. The number of nitrogens with zero attached hydrogens (tertiary/aromatic N) is 1. The van der Waals surface area contributed by atoms with E-state index in [2.05, 4.69) is 5.32 Å². The molecule has 7 heteroatoms. The molecule has 0 bridgehead atoms. The molecule has 1 atom stereocenters. The minimum Gasteiger partial charge on any atom is -0.376 e. The summed E-state index contributed by atoms with van der Waals surface area (Å²) in [6.45, 7) is 1.94. The van der Waals surface area contributed by atoms with Crippen molar-refractivity contribution < 1.29 is 22.0 Å². The summed E-state index contributed by atoms with van der Waals surface area (Å²) >= 11 is 0. The summed E-state index contributed by atoms with van der Waals surface area (Å²) < 4.78 is 65.2. The smallest absolute Gasteiger partial charge is 0.200 e. The Labute approximate surface area is 101 Å². The predicted octanol–water partition coefficient (Wildman–Crippen LogP) is 2.74. The minimum atomic E-state index is -2.16. The van der Waals surface area contributed by atoms with Gasteiger partial charge < -0.3 is 10.2 Å². The molecule has 0 aromatic heterocycles. The lowest BCUT2D eigenvalue weighted by Crippen LogP contribution is -2.30. The lowest BCUT2D eigenvalue weighted by molar-refractivity contribution is 0.374. The molecule has 1 unspecified atom stereocenters. The molecule has 1 aromatic rings. The number of halogens is 5. The molecule has 0 spiro atoms. The normalized spacial score (nSPS) is 12.9. The predicted molar refractivity (Wildman–Crippen MR) is 57.9 cm³/mol. The number of nitrogens with one attached hydrogen (secondary N) is 1. The van der Waals surface area contributed by atoms with Gasteiger partial charge in [0.05, 0.1) is 0 Å². The summed E-state index contributed by atoms with van der Waals surface area (Å²) in [5.41, 5.74) is -0.999. The Hall–Kier alpha value is -1.37. The quantitative estimate of drug-likeness (QED) is 0.513. The summed E-state index contributed by atoms with van der Waals surface area (Å²) in [7, 11) is 3.44. The first-order chi connectivity index (χ1) is 8.25. The third kappa shape index (κ3) is 2.90. The molecule has 1 aromatic carbocycles. The molecule has 0 heterocycles. The van der Waals surface area contributed by atoms with Crippen molar-refractivity contribution in [1.29, 1.82) is 0 Å². The fourth-order valence-electron chi connectivity index (χ4n) is 1.57. The van der Waals surface area contributed by atoms with Crippen LogP contribution in [0.1, 0.15) is 6.92 Å². The lowest BCUT2D eigenvalue weighted by Gasteiger charge is -2.20. The highest BCUT2D eigenvalue weighted by atomic mass is 19.2. The molecule has 0 aliphatic rings. The van der Waals surface area contributed by atoms with Gasteiger partial charge in [-0.05, 0) is 21.0 Å². The summed E-state index contributed by atoms with van der Waals surface area (Å²) in [6.07, 6.45) is 0. The maximum atomic E-state index is 13.3. The second-order valence-corrected chi connectivity index (χ2v) is 4.25. The van der Waals surface area contributed by atoms with Crippen molar-refractivity contribution in [2.24, 2.45) is 0 Å². The second-order valence-electron chi connectivity index (χ2n) is 4.25. The van der Waals surface area contributed by atoms with Gasteiger partial charge in [0.15, 0.2) is 23.3 Å². The zero-order valence-corrected chi connectivity index (χ0v) is 10.1. The minimum absolute atomic E-state index is 0.374. The van der Waals surface area contributed by atoms with E-state index >= 15 is 0 Å². The van der Waals surface area contributed by atoms with Crippen molar-refractivity contribution in [3.8, 4) is 0 Å². The fourth-order valence-corrected chi connectivity index (χ4v) is 1.57. The highest BCUT2D eigenvalue weighted by molar-refractivity contribution is 5.48. The molecule has 0 amide bonds. The van der Waals surface area contributed by atoms with Gasteiger partial charge in [-0.25, -0.2) is 22.0 Å². The third-order valence-corrected chi connectivity index (χ3v) is 2.24. The van der Waals surface area contributed by atoms with Crippen LogP contribution in [0.4, 0.5) is 27.6 Å². The average Bonchev–Trinajstić information content (AvgIpc) is 2.29.